The summed E-state index contributed by atoms with van der Waals surface area (Å²) in [6, 6.07) is 8.93. The molecule has 2 N–H and O–H groups in total. The second kappa shape index (κ2) is 8.33. The Morgan fingerprint density at radius 3 is 2.63 bits per heavy atom. The van der Waals surface area contributed by atoms with Crippen LogP contribution in [-0.4, -0.2) is 65.1 Å². The first-order valence-corrected chi connectivity index (χ1v) is 9.91. The van der Waals surface area contributed by atoms with Crippen molar-refractivity contribution in [3.05, 3.63) is 52.9 Å². The van der Waals surface area contributed by atoms with Crippen molar-refractivity contribution < 1.29 is 19.1 Å². The van der Waals surface area contributed by atoms with E-state index in [1.807, 2.05) is 18.0 Å². The summed E-state index contributed by atoms with van der Waals surface area (Å²) in [6.45, 7) is 3.21. The molecule has 30 heavy (non-hydrogen) atoms. The fourth-order valence-corrected chi connectivity index (χ4v) is 3.71. The first-order valence-electron chi connectivity index (χ1n) is 9.54. The molecular formula is C21H21ClN4O4. The number of rotatable bonds is 4. The fraction of sp³-hybridized carbons (Fsp3) is 0.286. The van der Waals surface area contributed by atoms with Gasteiger partial charge in [0.2, 0.25) is 0 Å². The number of carboxylic acid groups (broad SMARTS) is 1. The highest BCUT2D eigenvalue weighted by Crippen LogP contribution is 2.32. The van der Waals surface area contributed by atoms with Crippen LogP contribution in [0.1, 0.15) is 16.1 Å². The molecule has 2 amide bonds. The normalized spacial score (nSPS) is 14.8. The van der Waals surface area contributed by atoms with Crippen LogP contribution in [0.25, 0.3) is 22.2 Å². The zero-order valence-corrected chi connectivity index (χ0v) is 17.1. The molecule has 2 aromatic heterocycles. The van der Waals surface area contributed by atoms with Gasteiger partial charge in [0.25, 0.3) is 5.91 Å². The number of benzene rings is 1. The van der Waals surface area contributed by atoms with E-state index in [0.29, 0.717) is 40.7 Å². The van der Waals surface area contributed by atoms with Gasteiger partial charge in [-0.3, -0.25) is 9.78 Å². The molecule has 1 aromatic carbocycles. The lowest BCUT2D eigenvalue weighted by Crippen LogP contribution is -2.47. The van der Waals surface area contributed by atoms with Gasteiger partial charge in [-0.2, -0.15) is 0 Å². The van der Waals surface area contributed by atoms with Gasteiger partial charge in [-0.05, 0) is 37.4 Å². The van der Waals surface area contributed by atoms with E-state index in [0.717, 1.165) is 24.0 Å². The van der Waals surface area contributed by atoms with Gasteiger partial charge in [0.05, 0.1) is 22.8 Å². The maximum Gasteiger partial charge on any atom is 0.405 e. The van der Waals surface area contributed by atoms with E-state index in [1.165, 1.54) is 0 Å². The number of halogens is 1. The van der Waals surface area contributed by atoms with Gasteiger partial charge in [-0.25, -0.2) is 4.79 Å². The Balaban J connectivity index is 1.54. The van der Waals surface area contributed by atoms with Crippen molar-refractivity contribution >= 4 is 34.6 Å². The molecule has 8 nitrogen and oxygen atoms in total. The molecule has 0 bridgehead atoms. The average Bonchev–Trinajstić information content (AvgIpc) is 3.16. The molecule has 0 radical (unpaired) electrons. The average molecular weight is 429 g/mol. The van der Waals surface area contributed by atoms with Crippen LogP contribution in [0.3, 0.4) is 0 Å². The number of nitrogens with zero attached hydrogens (tertiary/aromatic N) is 3. The van der Waals surface area contributed by atoms with Gasteiger partial charge >= 0.3 is 6.09 Å². The van der Waals surface area contributed by atoms with E-state index >= 15 is 0 Å². The van der Waals surface area contributed by atoms with Crippen molar-refractivity contribution in [1.29, 1.82) is 0 Å². The Labute approximate surface area is 178 Å². The smallest absolute Gasteiger partial charge is 0.405 e. The predicted molar refractivity (Wildman–Crippen MR) is 113 cm³/mol. The summed E-state index contributed by atoms with van der Waals surface area (Å²) in [6.07, 6.45) is 0.462. The largest absolute Gasteiger partial charge is 0.465 e. The first-order chi connectivity index (χ1) is 14.4. The topological polar surface area (TPSA) is 98.9 Å². The maximum absolute atomic E-state index is 12.7. The molecule has 9 heteroatoms. The van der Waals surface area contributed by atoms with Crippen LogP contribution >= 0.6 is 11.6 Å². The highest BCUT2D eigenvalue weighted by Gasteiger charge is 2.20. The number of pyridine rings is 1. The van der Waals surface area contributed by atoms with Crippen LogP contribution in [0.15, 0.2) is 40.9 Å². The van der Waals surface area contributed by atoms with E-state index in [-0.39, 0.29) is 12.5 Å². The minimum Gasteiger partial charge on any atom is -0.465 e. The van der Waals surface area contributed by atoms with E-state index in [4.69, 9.17) is 21.1 Å². The summed E-state index contributed by atoms with van der Waals surface area (Å²) in [5.41, 5.74) is 2.51. The predicted octanol–water partition coefficient (Wildman–Crippen LogP) is 3.30. The number of piperazine rings is 1. The summed E-state index contributed by atoms with van der Waals surface area (Å²) in [5, 5.41) is 12.2. The number of furan rings is 1. The SMILES string of the molecule is CN1CCN(C(=O)c2ccc(-c3cc(Cl)c4oc(CNC(=O)O)cc4c3)nc2)CC1. The van der Waals surface area contributed by atoms with Crippen molar-refractivity contribution in [2.75, 3.05) is 33.2 Å². The molecule has 0 atom stereocenters. The highest BCUT2D eigenvalue weighted by molar-refractivity contribution is 6.35. The molecule has 3 aromatic rings. The lowest BCUT2D eigenvalue weighted by Gasteiger charge is -2.32. The molecule has 4 rings (SSSR count). The third-order valence-corrected chi connectivity index (χ3v) is 5.41. The Hall–Kier alpha value is -3.10. The number of likely N-dealkylation sites (N-methyl/N-ethyl adjacent to an activating group) is 1. The summed E-state index contributed by atoms with van der Waals surface area (Å²) < 4.78 is 5.63. The van der Waals surface area contributed by atoms with Crippen LogP contribution in [0, 0.1) is 0 Å². The van der Waals surface area contributed by atoms with Crippen LogP contribution in [0.2, 0.25) is 5.02 Å². The molecular weight excluding hydrogens is 408 g/mol. The number of carbonyl (C=O) groups is 2. The minimum atomic E-state index is -1.13. The summed E-state index contributed by atoms with van der Waals surface area (Å²) in [7, 11) is 2.05. The molecule has 0 spiro atoms. The van der Waals surface area contributed by atoms with Gasteiger partial charge in [0, 0.05) is 43.3 Å². The van der Waals surface area contributed by atoms with Gasteiger partial charge in [0.1, 0.15) is 5.76 Å². The first kappa shape index (κ1) is 20.2. The van der Waals surface area contributed by atoms with Crippen molar-refractivity contribution in [2.45, 2.75) is 6.54 Å². The highest BCUT2D eigenvalue weighted by atomic mass is 35.5. The van der Waals surface area contributed by atoms with Crippen LogP contribution in [0.4, 0.5) is 4.79 Å². The quantitative estimate of drug-likeness (QED) is 0.661. The lowest BCUT2D eigenvalue weighted by molar-refractivity contribution is 0.0663. The van der Waals surface area contributed by atoms with Gasteiger partial charge in [-0.1, -0.05) is 11.6 Å². The number of nitrogens with one attached hydrogen (secondary N) is 1. The number of carbonyl (C=O) groups excluding carboxylic acids is 1. The Bertz CT molecular complexity index is 1090. The summed E-state index contributed by atoms with van der Waals surface area (Å²) in [4.78, 5) is 31.9. The van der Waals surface area contributed by atoms with E-state index < -0.39 is 6.09 Å². The summed E-state index contributed by atoms with van der Waals surface area (Å²) in [5.74, 6) is 0.452. The van der Waals surface area contributed by atoms with Gasteiger partial charge < -0.3 is 24.6 Å². The molecule has 3 heterocycles. The lowest BCUT2D eigenvalue weighted by atomic mass is 10.1. The molecule has 156 valence electrons. The monoisotopic (exact) mass is 428 g/mol. The fourth-order valence-electron chi connectivity index (χ4n) is 3.44. The third-order valence-electron chi connectivity index (χ3n) is 5.13. The number of aromatic nitrogens is 1. The van der Waals surface area contributed by atoms with Gasteiger partial charge in [-0.15, -0.1) is 0 Å². The second-order valence-corrected chi connectivity index (χ2v) is 7.68. The Morgan fingerprint density at radius 2 is 1.97 bits per heavy atom. The Kier molecular flexibility index (Phi) is 5.61. The number of hydrogen-bond acceptors (Lipinski definition) is 5. The second-order valence-electron chi connectivity index (χ2n) is 7.28. The molecule has 1 saturated heterocycles. The van der Waals surface area contributed by atoms with Crippen molar-refractivity contribution in [2.24, 2.45) is 0 Å². The van der Waals surface area contributed by atoms with E-state index in [2.05, 4.69) is 15.2 Å². The number of amides is 2. The zero-order valence-electron chi connectivity index (χ0n) is 16.4. The van der Waals surface area contributed by atoms with Crippen molar-refractivity contribution in [3.8, 4) is 11.3 Å². The van der Waals surface area contributed by atoms with Crippen LogP contribution < -0.4 is 5.32 Å². The van der Waals surface area contributed by atoms with Crippen molar-refractivity contribution in [1.82, 2.24) is 20.1 Å². The molecule has 0 saturated carbocycles. The molecule has 1 aliphatic rings. The Morgan fingerprint density at radius 1 is 1.20 bits per heavy atom. The minimum absolute atomic E-state index is 0.0129. The maximum atomic E-state index is 12.7. The van der Waals surface area contributed by atoms with E-state index in [9.17, 15) is 9.59 Å². The number of fused-ring (bicyclic) bond motifs is 1. The molecule has 1 aliphatic heterocycles. The molecule has 0 unspecified atom stereocenters. The molecule has 0 aliphatic carbocycles. The zero-order chi connectivity index (χ0) is 21.3. The van der Waals surface area contributed by atoms with Crippen LogP contribution in [0.5, 0.6) is 0 Å². The van der Waals surface area contributed by atoms with Crippen molar-refractivity contribution in [3.63, 3.8) is 0 Å². The third kappa shape index (κ3) is 4.24. The number of hydrogen-bond donors (Lipinski definition) is 2. The van der Waals surface area contributed by atoms with Crippen LogP contribution in [-0.2, 0) is 6.54 Å². The van der Waals surface area contributed by atoms with Gasteiger partial charge in [0.15, 0.2) is 5.58 Å². The van der Waals surface area contributed by atoms with E-state index in [1.54, 1.807) is 30.5 Å². The summed E-state index contributed by atoms with van der Waals surface area (Å²) >= 11 is 6.36. The molecule has 1 fully saturated rings. The standard InChI is InChI=1S/C21H21ClN4O4/c1-25-4-6-26(7-5-25)20(27)13-2-3-18(23-11-13)14-8-15-9-16(12-24-21(28)29)30-19(15)17(22)10-14/h2-3,8-11,24H,4-7,12H2,1H3,(H,28,29).